The minimum Gasteiger partial charge on any atom is -0.355 e. The number of pyridine rings is 1. The van der Waals surface area contributed by atoms with E-state index in [1.807, 2.05) is 18.3 Å². The predicted octanol–water partition coefficient (Wildman–Crippen LogP) is 1.15. The van der Waals surface area contributed by atoms with Gasteiger partial charge in [-0.2, -0.15) is 0 Å². The fourth-order valence-electron chi connectivity index (χ4n) is 3.61. The number of nitrogens with zero attached hydrogens (tertiary/aromatic N) is 4. The lowest BCUT2D eigenvalue weighted by Crippen LogP contribution is -2.43. The summed E-state index contributed by atoms with van der Waals surface area (Å²) in [5.74, 6) is 1.86. The lowest BCUT2D eigenvalue weighted by Gasteiger charge is -2.33. The van der Waals surface area contributed by atoms with Gasteiger partial charge in [-0.25, -0.2) is 9.97 Å². The van der Waals surface area contributed by atoms with E-state index in [1.54, 1.807) is 6.20 Å². The minimum absolute atomic E-state index is 0.232. The predicted molar refractivity (Wildman–Crippen MR) is 95.0 cm³/mol. The van der Waals surface area contributed by atoms with E-state index in [-0.39, 0.29) is 6.04 Å². The highest BCUT2D eigenvalue weighted by atomic mass is 15.2. The van der Waals surface area contributed by atoms with Crippen molar-refractivity contribution >= 4 is 5.82 Å². The van der Waals surface area contributed by atoms with E-state index in [9.17, 15) is 0 Å². The van der Waals surface area contributed by atoms with Gasteiger partial charge in [-0.3, -0.25) is 4.98 Å². The molecule has 3 N–H and O–H groups in total. The summed E-state index contributed by atoms with van der Waals surface area (Å²) in [5, 5.41) is 3.47. The second kappa shape index (κ2) is 6.83. The standard InChI is InChI=1S/C18H24N6/c19-14-4-2-10-24(12-14)18-15-5-8-20-9-6-16(15)22-17(23-18)13-3-1-7-21-11-13/h1,3,7,11,14,20H,2,4-6,8-10,12,19H2/t14-/m0/s1. The molecule has 0 unspecified atom stereocenters. The summed E-state index contributed by atoms with van der Waals surface area (Å²) >= 11 is 0. The van der Waals surface area contributed by atoms with Crippen molar-refractivity contribution in [2.75, 3.05) is 31.1 Å². The van der Waals surface area contributed by atoms with Crippen molar-refractivity contribution in [3.05, 3.63) is 35.8 Å². The third-order valence-corrected chi connectivity index (χ3v) is 4.84. The summed E-state index contributed by atoms with van der Waals surface area (Å²) in [7, 11) is 0. The normalized spacial score (nSPS) is 21.2. The Balaban J connectivity index is 1.80. The first-order valence-corrected chi connectivity index (χ1v) is 8.82. The van der Waals surface area contributed by atoms with Crippen molar-refractivity contribution in [3.63, 3.8) is 0 Å². The van der Waals surface area contributed by atoms with Crippen molar-refractivity contribution in [2.24, 2.45) is 5.73 Å². The Hall–Kier alpha value is -2.05. The Morgan fingerprint density at radius 1 is 1.21 bits per heavy atom. The first-order valence-electron chi connectivity index (χ1n) is 8.82. The summed E-state index contributed by atoms with van der Waals surface area (Å²) in [6, 6.07) is 4.19. The number of rotatable bonds is 2. The van der Waals surface area contributed by atoms with Gasteiger partial charge in [0.2, 0.25) is 0 Å². The van der Waals surface area contributed by atoms with Gasteiger partial charge in [0.15, 0.2) is 5.82 Å². The van der Waals surface area contributed by atoms with Crippen LogP contribution < -0.4 is 16.0 Å². The molecule has 0 amide bonds. The summed E-state index contributed by atoms with van der Waals surface area (Å²) < 4.78 is 0. The third-order valence-electron chi connectivity index (χ3n) is 4.84. The SMILES string of the molecule is N[C@H]1CCCN(c2nc(-c3cccnc3)nc3c2CCNCC3)C1. The average Bonchev–Trinajstić information content (AvgIpc) is 2.87. The van der Waals surface area contributed by atoms with Gasteiger partial charge in [-0.15, -0.1) is 0 Å². The fraction of sp³-hybridized carbons (Fsp3) is 0.500. The zero-order valence-corrected chi connectivity index (χ0v) is 13.9. The van der Waals surface area contributed by atoms with E-state index in [4.69, 9.17) is 15.7 Å². The highest BCUT2D eigenvalue weighted by Gasteiger charge is 2.24. The van der Waals surface area contributed by atoms with Gasteiger partial charge in [0.25, 0.3) is 0 Å². The Kier molecular flexibility index (Phi) is 4.40. The lowest BCUT2D eigenvalue weighted by atomic mass is 10.0. The molecule has 4 rings (SSSR count). The fourth-order valence-corrected chi connectivity index (χ4v) is 3.61. The minimum atomic E-state index is 0.232. The van der Waals surface area contributed by atoms with E-state index in [2.05, 4.69) is 15.2 Å². The molecule has 2 aliphatic rings. The molecule has 6 nitrogen and oxygen atoms in total. The summed E-state index contributed by atoms with van der Waals surface area (Å²) in [4.78, 5) is 16.4. The van der Waals surface area contributed by atoms with Crippen LogP contribution in [0.4, 0.5) is 5.82 Å². The zero-order chi connectivity index (χ0) is 16.4. The van der Waals surface area contributed by atoms with Crippen LogP contribution in [0.3, 0.4) is 0 Å². The number of aromatic nitrogens is 3. The van der Waals surface area contributed by atoms with Crippen molar-refractivity contribution < 1.29 is 0 Å². The molecule has 24 heavy (non-hydrogen) atoms. The van der Waals surface area contributed by atoms with Crippen LogP contribution in [0, 0.1) is 0 Å². The number of fused-ring (bicyclic) bond motifs is 1. The molecule has 1 atom stereocenters. The van der Waals surface area contributed by atoms with Crippen molar-refractivity contribution in [1.29, 1.82) is 0 Å². The molecule has 2 aromatic heterocycles. The Bertz CT molecular complexity index is 702. The smallest absolute Gasteiger partial charge is 0.163 e. The number of piperidine rings is 1. The largest absolute Gasteiger partial charge is 0.355 e. The summed E-state index contributed by atoms with van der Waals surface area (Å²) in [6.07, 6.45) is 7.76. The van der Waals surface area contributed by atoms with Gasteiger partial charge in [0.1, 0.15) is 5.82 Å². The number of nitrogens with two attached hydrogens (primary N) is 1. The second-order valence-corrected chi connectivity index (χ2v) is 6.64. The first kappa shape index (κ1) is 15.5. The van der Waals surface area contributed by atoms with Crippen LogP contribution in [-0.2, 0) is 12.8 Å². The molecule has 2 aromatic rings. The summed E-state index contributed by atoms with van der Waals surface area (Å²) in [6.45, 7) is 3.85. The quantitative estimate of drug-likeness (QED) is 0.863. The molecular weight excluding hydrogens is 300 g/mol. The van der Waals surface area contributed by atoms with Crippen LogP contribution in [-0.4, -0.2) is 47.2 Å². The highest BCUT2D eigenvalue weighted by Crippen LogP contribution is 2.28. The van der Waals surface area contributed by atoms with Gasteiger partial charge >= 0.3 is 0 Å². The molecule has 1 fully saturated rings. The molecule has 4 heterocycles. The zero-order valence-electron chi connectivity index (χ0n) is 13.9. The van der Waals surface area contributed by atoms with E-state index in [0.717, 1.165) is 69.1 Å². The maximum absolute atomic E-state index is 6.21. The van der Waals surface area contributed by atoms with Crippen LogP contribution >= 0.6 is 0 Å². The number of anilines is 1. The number of nitrogens with one attached hydrogen (secondary N) is 1. The van der Waals surface area contributed by atoms with E-state index < -0.39 is 0 Å². The van der Waals surface area contributed by atoms with E-state index >= 15 is 0 Å². The number of hydrogen-bond donors (Lipinski definition) is 2. The molecule has 0 spiro atoms. The molecule has 0 radical (unpaired) electrons. The monoisotopic (exact) mass is 324 g/mol. The highest BCUT2D eigenvalue weighted by molar-refractivity contribution is 5.60. The Morgan fingerprint density at radius 3 is 2.96 bits per heavy atom. The molecule has 0 bridgehead atoms. The van der Waals surface area contributed by atoms with E-state index in [1.165, 1.54) is 11.3 Å². The maximum Gasteiger partial charge on any atom is 0.163 e. The van der Waals surface area contributed by atoms with Gasteiger partial charge in [0.05, 0.1) is 5.69 Å². The molecule has 0 aromatic carbocycles. The topological polar surface area (TPSA) is 80.0 Å². The molecule has 1 saturated heterocycles. The molecule has 0 saturated carbocycles. The molecular formula is C18H24N6. The van der Waals surface area contributed by atoms with E-state index in [0.29, 0.717) is 0 Å². The van der Waals surface area contributed by atoms with Gasteiger partial charge < -0.3 is 16.0 Å². The average molecular weight is 324 g/mol. The molecule has 126 valence electrons. The van der Waals surface area contributed by atoms with Crippen LogP contribution in [0.15, 0.2) is 24.5 Å². The number of hydrogen-bond acceptors (Lipinski definition) is 6. The molecule has 0 aliphatic carbocycles. The van der Waals surface area contributed by atoms with Gasteiger partial charge in [-0.05, 0) is 37.9 Å². The van der Waals surface area contributed by atoms with Crippen LogP contribution in [0.1, 0.15) is 24.1 Å². The van der Waals surface area contributed by atoms with Crippen LogP contribution in [0.5, 0.6) is 0 Å². The molecule has 6 heteroatoms. The second-order valence-electron chi connectivity index (χ2n) is 6.64. The van der Waals surface area contributed by atoms with Crippen LogP contribution in [0.25, 0.3) is 11.4 Å². The first-order chi connectivity index (χ1) is 11.8. The maximum atomic E-state index is 6.21. The Morgan fingerprint density at radius 2 is 2.12 bits per heavy atom. The summed E-state index contributed by atoms with van der Waals surface area (Å²) in [5.41, 5.74) is 9.65. The molecule has 2 aliphatic heterocycles. The lowest BCUT2D eigenvalue weighted by molar-refractivity contribution is 0.501. The Labute approximate surface area is 142 Å². The van der Waals surface area contributed by atoms with Gasteiger partial charge in [0, 0.05) is 55.6 Å². The van der Waals surface area contributed by atoms with Crippen LogP contribution in [0.2, 0.25) is 0 Å². The van der Waals surface area contributed by atoms with Crippen molar-refractivity contribution in [3.8, 4) is 11.4 Å². The van der Waals surface area contributed by atoms with Crippen molar-refractivity contribution in [1.82, 2.24) is 20.3 Å². The third kappa shape index (κ3) is 3.12. The van der Waals surface area contributed by atoms with Crippen molar-refractivity contribution in [2.45, 2.75) is 31.7 Å². The van der Waals surface area contributed by atoms with Gasteiger partial charge in [-0.1, -0.05) is 0 Å².